The van der Waals surface area contributed by atoms with E-state index >= 15 is 0 Å². The zero-order chi connectivity index (χ0) is 19.8. The number of hydrogen-bond donors (Lipinski definition) is 3. The highest BCUT2D eigenvalue weighted by Gasteiger charge is 2.28. The lowest BCUT2D eigenvalue weighted by atomic mass is 10.1. The smallest absolute Gasteiger partial charge is 0.309 e. The molecule has 3 N–H and O–H groups in total. The number of benzene rings is 1. The van der Waals surface area contributed by atoms with Crippen LogP contribution in [0.3, 0.4) is 0 Å². The molecule has 1 aliphatic heterocycles. The summed E-state index contributed by atoms with van der Waals surface area (Å²) in [7, 11) is 0. The second-order valence-electron chi connectivity index (χ2n) is 6.58. The van der Waals surface area contributed by atoms with E-state index in [2.05, 4.69) is 32.6 Å². The van der Waals surface area contributed by atoms with E-state index in [1.54, 1.807) is 6.26 Å². The van der Waals surface area contributed by atoms with Gasteiger partial charge >= 0.3 is 11.8 Å². The first kappa shape index (κ1) is 19.9. The number of hydrogen-bond acceptors (Lipinski definition) is 6. The topological polar surface area (TPSA) is 98.0 Å². The Morgan fingerprint density at radius 2 is 1.71 bits per heavy atom. The standard InChI is InChI=1S/C20H26N4O4/c25-13-8-21-19(26)20(27)22-15-17(18-7-4-14-28-18)24-11-9-23(10-12-24)16-5-2-1-3-6-16/h1-7,14,17,25H,8-13,15H2,(H,21,26)(H,22,27)/t17-/m1/s1. The van der Waals surface area contributed by atoms with E-state index in [1.165, 1.54) is 5.69 Å². The van der Waals surface area contributed by atoms with Crippen LogP contribution in [0.4, 0.5) is 5.69 Å². The van der Waals surface area contributed by atoms with Gasteiger partial charge in [-0.2, -0.15) is 0 Å². The van der Waals surface area contributed by atoms with Gasteiger partial charge in [0.25, 0.3) is 0 Å². The van der Waals surface area contributed by atoms with Crippen LogP contribution in [0.25, 0.3) is 0 Å². The Labute approximate surface area is 164 Å². The zero-order valence-corrected chi connectivity index (χ0v) is 15.7. The van der Waals surface area contributed by atoms with Crippen LogP contribution in [0.5, 0.6) is 0 Å². The Morgan fingerprint density at radius 3 is 2.36 bits per heavy atom. The zero-order valence-electron chi connectivity index (χ0n) is 15.7. The number of para-hydroxylation sites is 1. The van der Waals surface area contributed by atoms with E-state index in [1.807, 2.05) is 30.3 Å². The Bertz CT molecular complexity index is 743. The Hall–Kier alpha value is -2.84. The van der Waals surface area contributed by atoms with Crippen LogP contribution >= 0.6 is 0 Å². The maximum Gasteiger partial charge on any atom is 0.309 e. The minimum absolute atomic E-state index is 0.0509. The lowest BCUT2D eigenvalue weighted by Crippen LogP contribution is -2.50. The van der Waals surface area contributed by atoms with E-state index in [0.717, 1.165) is 31.9 Å². The summed E-state index contributed by atoms with van der Waals surface area (Å²) >= 11 is 0. The van der Waals surface area contributed by atoms with E-state index < -0.39 is 11.8 Å². The molecule has 1 aromatic heterocycles. The van der Waals surface area contributed by atoms with Gasteiger partial charge in [0.1, 0.15) is 5.76 Å². The maximum atomic E-state index is 12.0. The summed E-state index contributed by atoms with van der Waals surface area (Å²) in [5, 5.41) is 13.8. The number of nitrogens with zero attached hydrogens (tertiary/aromatic N) is 2. The van der Waals surface area contributed by atoms with E-state index in [-0.39, 0.29) is 25.7 Å². The fourth-order valence-corrected chi connectivity index (χ4v) is 3.34. The summed E-state index contributed by atoms with van der Waals surface area (Å²) in [5.74, 6) is -0.710. The number of aliphatic hydroxyl groups excluding tert-OH is 1. The molecular formula is C20H26N4O4. The average molecular weight is 386 g/mol. The first-order chi connectivity index (χ1) is 13.7. The summed E-state index contributed by atoms with van der Waals surface area (Å²) in [6.45, 7) is 3.47. The third kappa shape index (κ3) is 5.11. The monoisotopic (exact) mass is 386 g/mol. The fourth-order valence-electron chi connectivity index (χ4n) is 3.34. The molecule has 1 aliphatic rings. The van der Waals surface area contributed by atoms with Gasteiger partial charge in [0.15, 0.2) is 0 Å². The van der Waals surface area contributed by atoms with Gasteiger partial charge in [-0.05, 0) is 24.3 Å². The van der Waals surface area contributed by atoms with Gasteiger partial charge in [0.05, 0.1) is 18.9 Å². The molecule has 1 aromatic carbocycles. The van der Waals surface area contributed by atoms with Gasteiger partial charge in [-0.1, -0.05) is 18.2 Å². The molecule has 150 valence electrons. The molecule has 0 radical (unpaired) electrons. The molecule has 1 atom stereocenters. The van der Waals surface area contributed by atoms with Gasteiger partial charge in [-0.3, -0.25) is 14.5 Å². The number of aliphatic hydroxyl groups is 1. The van der Waals surface area contributed by atoms with Crippen LogP contribution in [0.2, 0.25) is 0 Å². The Kier molecular flexibility index (Phi) is 7.05. The summed E-state index contributed by atoms with van der Waals surface area (Å²) in [5.41, 5.74) is 1.20. The first-order valence-corrected chi connectivity index (χ1v) is 9.43. The van der Waals surface area contributed by atoms with E-state index in [9.17, 15) is 9.59 Å². The average Bonchev–Trinajstić information content (AvgIpc) is 3.27. The van der Waals surface area contributed by atoms with Crippen LogP contribution in [-0.4, -0.2) is 67.7 Å². The molecule has 2 heterocycles. The van der Waals surface area contributed by atoms with Crippen LogP contribution < -0.4 is 15.5 Å². The Morgan fingerprint density at radius 1 is 1.00 bits per heavy atom. The summed E-state index contributed by atoms with van der Waals surface area (Å²) in [4.78, 5) is 28.3. The fraction of sp³-hybridized carbons (Fsp3) is 0.400. The van der Waals surface area contributed by atoms with Crippen molar-refractivity contribution in [3.8, 4) is 0 Å². The Balaban J connectivity index is 1.59. The van der Waals surface area contributed by atoms with Gasteiger partial charge in [-0.15, -0.1) is 0 Å². The van der Waals surface area contributed by atoms with Gasteiger partial charge in [0, 0.05) is 45.0 Å². The van der Waals surface area contributed by atoms with Crippen LogP contribution in [0, 0.1) is 0 Å². The SMILES string of the molecule is O=C(NCCO)C(=O)NC[C@H](c1ccco1)N1CCN(c2ccccc2)CC1. The largest absolute Gasteiger partial charge is 0.468 e. The molecular weight excluding hydrogens is 360 g/mol. The van der Waals surface area contributed by atoms with Crippen molar-refractivity contribution in [2.24, 2.45) is 0 Å². The predicted octanol–water partition coefficient (Wildman–Crippen LogP) is 0.368. The normalized spacial score (nSPS) is 15.8. The van der Waals surface area contributed by atoms with Gasteiger partial charge < -0.3 is 25.1 Å². The van der Waals surface area contributed by atoms with Crippen molar-refractivity contribution in [3.63, 3.8) is 0 Å². The molecule has 28 heavy (non-hydrogen) atoms. The highest BCUT2D eigenvalue weighted by Crippen LogP contribution is 2.24. The third-order valence-electron chi connectivity index (χ3n) is 4.81. The number of amides is 2. The summed E-state index contributed by atoms with van der Waals surface area (Å²) in [6, 6.07) is 13.8. The number of piperazine rings is 1. The molecule has 0 saturated carbocycles. The lowest BCUT2D eigenvalue weighted by Gasteiger charge is -2.39. The van der Waals surface area contributed by atoms with Crippen molar-refractivity contribution in [2.45, 2.75) is 6.04 Å². The quantitative estimate of drug-likeness (QED) is 0.595. The second kappa shape index (κ2) is 9.91. The van der Waals surface area contributed by atoms with Crippen molar-refractivity contribution in [1.82, 2.24) is 15.5 Å². The van der Waals surface area contributed by atoms with Crippen molar-refractivity contribution in [2.75, 3.05) is 50.8 Å². The molecule has 2 amide bonds. The summed E-state index contributed by atoms with van der Waals surface area (Å²) < 4.78 is 5.58. The lowest BCUT2D eigenvalue weighted by molar-refractivity contribution is -0.139. The van der Waals surface area contributed by atoms with E-state index in [0.29, 0.717) is 0 Å². The molecule has 0 unspecified atom stereocenters. The predicted molar refractivity (Wildman–Crippen MR) is 105 cm³/mol. The van der Waals surface area contributed by atoms with Gasteiger partial charge in [0.2, 0.25) is 0 Å². The molecule has 8 nitrogen and oxygen atoms in total. The number of carbonyl (C=O) groups is 2. The van der Waals surface area contributed by atoms with Crippen molar-refractivity contribution < 1.29 is 19.1 Å². The molecule has 0 aliphatic carbocycles. The second-order valence-corrected chi connectivity index (χ2v) is 6.58. The molecule has 8 heteroatoms. The number of nitrogens with one attached hydrogen (secondary N) is 2. The molecule has 1 fully saturated rings. The number of furan rings is 1. The first-order valence-electron chi connectivity index (χ1n) is 9.43. The van der Waals surface area contributed by atoms with Crippen LogP contribution in [-0.2, 0) is 9.59 Å². The maximum absolute atomic E-state index is 12.0. The third-order valence-corrected chi connectivity index (χ3v) is 4.81. The minimum atomic E-state index is -0.749. The molecule has 3 rings (SSSR count). The molecule has 0 spiro atoms. The highest BCUT2D eigenvalue weighted by molar-refractivity contribution is 6.35. The van der Waals surface area contributed by atoms with Crippen molar-refractivity contribution in [3.05, 3.63) is 54.5 Å². The van der Waals surface area contributed by atoms with Crippen molar-refractivity contribution >= 4 is 17.5 Å². The number of anilines is 1. The number of rotatable bonds is 7. The molecule has 1 saturated heterocycles. The van der Waals surface area contributed by atoms with Crippen LogP contribution in [0.1, 0.15) is 11.8 Å². The summed E-state index contributed by atoms with van der Waals surface area (Å²) in [6.07, 6.45) is 1.61. The van der Waals surface area contributed by atoms with Crippen molar-refractivity contribution in [1.29, 1.82) is 0 Å². The van der Waals surface area contributed by atoms with Crippen LogP contribution in [0.15, 0.2) is 53.1 Å². The number of carbonyl (C=O) groups excluding carboxylic acids is 2. The van der Waals surface area contributed by atoms with E-state index in [4.69, 9.17) is 9.52 Å². The highest BCUT2D eigenvalue weighted by atomic mass is 16.3. The molecule has 0 bridgehead atoms. The minimum Gasteiger partial charge on any atom is -0.468 e. The molecule has 2 aromatic rings. The van der Waals surface area contributed by atoms with Gasteiger partial charge in [-0.25, -0.2) is 0 Å².